The van der Waals surface area contributed by atoms with Gasteiger partial charge in [-0.3, -0.25) is 28.8 Å². The van der Waals surface area contributed by atoms with E-state index in [1.54, 1.807) is 0 Å². The first-order valence-electron chi connectivity index (χ1n) is 13.9. The third kappa shape index (κ3) is 12.2. The van der Waals surface area contributed by atoms with E-state index in [9.17, 15) is 28.8 Å². The molecule has 0 saturated heterocycles. The van der Waals surface area contributed by atoms with Gasteiger partial charge in [0.25, 0.3) is 23.6 Å². The summed E-state index contributed by atoms with van der Waals surface area (Å²) in [5.74, 6) is -4.41. The smallest absolute Gasteiger partial charge is 0.296 e. The van der Waals surface area contributed by atoms with Gasteiger partial charge in [-0.05, 0) is 62.8 Å². The Balaban J connectivity index is 1.66. The first kappa shape index (κ1) is 35.5. The van der Waals surface area contributed by atoms with E-state index in [2.05, 4.69) is 35.9 Å². The Morgan fingerprint density at radius 2 is 1.07 bits per heavy atom. The molecule has 2 aromatic heterocycles. The van der Waals surface area contributed by atoms with Crippen LogP contribution in [-0.2, 0) is 9.59 Å². The van der Waals surface area contributed by atoms with E-state index in [0.29, 0.717) is 25.7 Å². The van der Waals surface area contributed by atoms with E-state index in [1.807, 2.05) is 0 Å². The van der Waals surface area contributed by atoms with Crippen LogP contribution in [0.15, 0.2) is 34.3 Å². The lowest BCUT2D eigenvalue weighted by Gasteiger charge is -2.18. The number of rotatable bonds is 17. The molecule has 0 aliphatic rings. The second kappa shape index (κ2) is 17.4. The number of aromatic amines is 2. The van der Waals surface area contributed by atoms with E-state index in [-0.39, 0.29) is 48.7 Å². The van der Waals surface area contributed by atoms with Gasteiger partial charge in [-0.25, -0.2) is 0 Å². The van der Waals surface area contributed by atoms with Crippen LogP contribution >= 0.6 is 0 Å². The third-order valence-electron chi connectivity index (χ3n) is 6.21. The van der Waals surface area contributed by atoms with Crippen molar-refractivity contribution in [2.24, 2.45) is 44.4 Å². The lowest BCUT2D eigenvalue weighted by Crippen LogP contribution is -2.50. The van der Waals surface area contributed by atoms with Gasteiger partial charge in [-0.2, -0.15) is 9.98 Å². The highest BCUT2D eigenvalue weighted by molar-refractivity contribution is 6.03. The standard InChI is InChI=1S/C26H39N13O6/c27-13(5-1-3-11-33-21(42)15-7-9-17(35-15)23(44)38-25(29)30)20(41)37-14(19(28)40)6-2-4-12-34-22(43)16-8-10-18(36-16)24(45)39-26(31)32/h7-10,13-14,35-36H,1-6,11-12,27H2,(H2,28,40)(H,33,42)(H,34,43)(H,37,41)(H4,29,30,38,44)(H4,31,32,39,45)/t13-,14-/m0/s1. The molecule has 19 nitrogen and oxygen atoms in total. The fraction of sp³-hybridized carbons (Fsp3) is 0.385. The maximum absolute atomic E-state index is 12.5. The number of amides is 6. The minimum atomic E-state index is -0.949. The summed E-state index contributed by atoms with van der Waals surface area (Å²) in [7, 11) is 0. The summed E-state index contributed by atoms with van der Waals surface area (Å²) in [6.07, 6.45) is 2.45. The van der Waals surface area contributed by atoms with Crippen molar-refractivity contribution < 1.29 is 28.8 Å². The van der Waals surface area contributed by atoms with Crippen LogP contribution in [0.1, 0.15) is 80.5 Å². The summed E-state index contributed by atoms with van der Waals surface area (Å²) in [5.41, 5.74) is 32.5. The Morgan fingerprint density at radius 3 is 1.49 bits per heavy atom. The molecule has 2 aromatic rings. The number of aromatic nitrogens is 2. The SMILES string of the molecule is NC(=O)[C@H](CCCCNC(=O)c1ccc(C(=O)N=C(N)N)[nH]1)NC(=O)[C@@H](N)CCCCNC(=O)c1ccc(C(=O)N=C(N)N)[nH]1. The molecule has 0 aliphatic heterocycles. The number of unbranched alkanes of at least 4 members (excludes halogenated alkanes) is 2. The number of nitrogens with two attached hydrogens (primary N) is 6. The molecule has 0 saturated carbocycles. The molecule has 0 radical (unpaired) electrons. The van der Waals surface area contributed by atoms with Crippen LogP contribution in [0.2, 0.25) is 0 Å². The van der Waals surface area contributed by atoms with Gasteiger partial charge < -0.3 is 60.3 Å². The molecule has 2 atom stereocenters. The van der Waals surface area contributed by atoms with Crippen molar-refractivity contribution in [1.29, 1.82) is 0 Å². The zero-order chi connectivity index (χ0) is 33.5. The Labute approximate surface area is 257 Å². The average molecular weight is 630 g/mol. The van der Waals surface area contributed by atoms with Gasteiger partial charge in [0.1, 0.15) is 28.8 Å². The van der Waals surface area contributed by atoms with Gasteiger partial charge in [0.2, 0.25) is 11.8 Å². The quantitative estimate of drug-likeness (QED) is 0.0474. The minimum absolute atomic E-state index is 0.0434. The highest BCUT2D eigenvalue weighted by atomic mass is 16.2. The van der Waals surface area contributed by atoms with E-state index >= 15 is 0 Å². The number of nitrogens with one attached hydrogen (secondary N) is 5. The van der Waals surface area contributed by atoms with Gasteiger partial charge in [0, 0.05) is 13.1 Å². The summed E-state index contributed by atoms with van der Waals surface area (Å²) < 4.78 is 0. The maximum atomic E-state index is 12.5. The van der Waals surface area contributed by atoms with E-state index < -0.39 is 59.4 Å². The van der Waals surface area contributed by atoms with Gasteiger partial charge in [-0.15, -0.1) is 0 Å². The van der Waals surface area contributed by atoms with Crippen LogP contribution in [0.3, 0.4) is 0 Å². The molecule has 0 fully saturated rings. The van der Waals surface area contributed by atoms with Crippen molar-refractivity contribution >= 4 is 47.4 Å². The van der Waals surface area contributed by atoms with Crippen LogP contribution in [0, 0.1) is 0 Å². The molecule has 45 heavy (non-hydrogen) atoms. The second-order valence-corrected chi connectivity index (χ2v) is 9.83. The zero-order valence-corrected chi connectivity index (χ0v) is 24.4. The Bertz CT molecular complexity index is 1440. The van der Waals surface area contributed by atoms with E-state index in [0.717, 1.165) is 0 Å². The van der Waals surface area contributed by atoms with E-state index in [1.165, 1.54) is 24.3 Å². The number of primary amides is 1. The molecule has 0 bridgehead atoms. The Hall–Kier alpha value is -5.72. The largest absolute Gasteiger partial charge is 0.370 e. The molecule has 2 heterocycles. The number of carbonyl (C=O) groups is 6. The summed E-state index contributed by atoms with van der Waals surface area (Å²) in [5, 5.41) is 7.91. The normalized spacial score (nSPS) is 11.8. The predicted molar refractivity (Wildman–Crippen MR) is 163 cm³/mol. The topological polar surface area (TPSA) is 351 Å². The molecule has 0 aromatic carbocycles. The van der Waals surface area contributed by atoms with Crippen LogP contribution < -0.4 is 50.4 Å². The number of carbonyl (C=O) groups excluding carboxylic acids is 6. The van der Waals surface area contributed by atoms with Crippen LogP contribution in [0.25, 0.3) is 0 Å². The predicted octanol–water partition coefficient (Wildman–Crippen LogP) is -3.03. The van der Waals surface area contributed by atoms with Crippen molar-refractivity contribution in [1.82, 2.24) is 25.9 Å². The minimum Gasteiger partial charge on any atom is -0.370 e. The van der Waals surface area contributed by atoms with Crippen molar-refractivity contribution in [2.75, 3.05) is 13.1 Å². The fourth-order valence-electron chi connectivity index (χ4n) is 3.91. The van der Waals surface area contributed by atoms with Crippen molar-refractivity contribution in [3.8, 4) is 0 Å². The monoisotopic (exact) mass is 629 g/mol. The van der Waals surface area contributed by atoms with Gasteiger partial charge in [0.15, 0.2) is 11.9 Å². The lowest BCUT2D eigenvalue weighted by atomic mass is 10.1. The Morgan fingerprint density at radius 1 is 0.644 bits per heavy atom. The molecular formula is C26H39N13O6. The maximum Gasteiger partial charge on any atom is 0.296 e. The van der Waals surface area contributed by atoms with Crippen LogP contribution in [-0.4, -0.2) is 82.5 Å². The number of nitrogens with zero attached hydrogens (tertiary/aromatic N) is 2. The van der Waals surface area contributed by atoms with Crippen molar-refractivity contribution in [3.05, 3.63) is 47.0 Å². The van der Waals surface area contributed by atoms with Crippen LogP contribution in [0.4, 0.5) is 0 Å². The molecule has 244 valence electrons. The number of aliphatic imine (C=N–C) groups is 2. The number of hydrogen-bond acceptors (Lipinski definition) is 7. The van der Waals surface area contributed by atoms with Gasteiger partial charge in [-0.1, -0.05) is 0 Å². The molecular weight excluding hydrogens is 590 g/mol. The third-order valence-corrected chi connectivity index (χ3v) is 6.21. The summed E-state index contributed by atoms with van der Waals surface area (Å²) in [6, 6.07) is 3.72. The fourth-order valence-corrected chi connectivity index (χ4v) is 3.91. The number of H-pyrrole nitrogens is 2. The Kier molecular flexibility index (Phi) is 13.7. The highest BCUT2D eigenvalue weighted by Crippen LogP contribution is 2.07. The first-order valence-corrected chi connectivity index (χ1v) is 13.9. The second-order valence-electron chi connectivity index (χ2n) is 9.83. The summed E-state index contributed by atoms with van der Waals surface area (Å²) in [4.78, 5) is 84.5. The van der Waals surface area contributed by atoms with Gasteiger partial charge >= 0.3 is 0 Å². The molecule has 19 heteroatoms. The zero-order valence-electron chi connectivity index (χ0n) is 24.4. The highest BCUT2D eigenvalue weighted by Gasteiger charge is 2.22. The molecule has 6 amide bonds. The summed E-state index contributed by atoms with van der Waals surface area (Å²) in [6.45, 7) is 0.538. The molecule has 0 aliphatic carbocycles. The van der Waals surface area contributed by atoms with Crippen molar-refractivity contribution in [3.63, 3.8) is 0 Å². The van der Waals surface area contributed by atoms with Gasteiger partial charge in [0.05, 0.1) is 6.04 Å². The molecule has 17 N–H and O–H groups in total. The summed E-state index contributed by atoms with van der Waals surface area (Å²) >= 11 is 0. The molecule has 0 unspecified atom stereocenters. The molecule has 0 spiro atoms. The average Bonchev–Trinajstić information content (AvgIpc) is 3.66. The van der Waals surface area contributed by atoms with Crippen molar-refractivity contribution in [2.45, 2.75) is 50.6 Å². The first-order chi connectivity index (χ1) is 21.3. The van der Waals surface area contributed by atoms with Crippen LogP contribution in [0.5, 0.6) is 0 Å². The lowest BCUT2D eigenvalue weighted by molar-refractivity contribution is -0.128. The number of hydrogen-bond donors (Lipinski definition) is 11. The number of guanidine groups is 2. The van der Waals surface area contributed by atoms with E-state index in [4.69, 9.17) is 34.4 Å². The molecule has 2 rings (SSSR count).